The molecule has 1 aromatic heterocycles. The second-order valence-electron chi connectivity index (χ2n) is 3.30. The summed E-state index contributed by atoms with van der Waals surface area (Å²) in [5, 5.41) is 11.1. The zero-order chi connectivity index (χ0) is 12.8. The molecule has 0 aromatic carbocycles. The molecule has 1 aromatic rings. The molecule has 0 fully saturated rings. The van der Waals surface area contributed by atoms with Gasteiger partial charge < -0.3 is 20.6 Å². The Morgan fingerprint density at radius 1 is 1.59 bits per heavy atom. The van der Waals surface area contributed by atoms with Crippen molar-refractivity contribution in [1.29, 1.82) is 0 Å². The third-order valence-corrected chi connectivity index (χ3v) is 1.98. The average Bonchev–Trinajstić information content (AvgIpc) is 2.75. The van der Waals surface area contributed by atoms with Crippen molar-refractivity contribution in [3.8, 4) is 12.3 Å². The second kappa shape index (κ2) is 5.72. The van der Waals surface area contributed by atoms with Crippen LogP contribution in [0.3, 0.4) is 0 Å². The summed E-state index contributed by atoms with van der Waals surface area (Å²) in [5.74, 6) is 0.870. The molecular formula is C11H12N2O4. The number of terminal acetylenes is 1. The van der Waals surface area contributed by atoms with Crippen LogP contribution in [0.2, 0.25) is 0 Å². The van der Waals surface area contributed by atoms with E-state index in [1.165, 1.54) is 12.1 Å². The van der Waals surface area contributed by atoms with Gasteiger partial charge in [-0.05, 0) is 12.1 Å². The van der Waals surface area contributed by atoms with Crippen molar-refractivity contribution in [2.75, 3.05) is 0 Å². The summed E-state index contributed by atoms with van der Waals surface area (Å²) in [7, 11) is 0. The molecule has 0 spiro atoms. The summed E-state index contributed by atoms with van der Waals surface area (Å²) in [6, 6.07) is 2.01. The molecule has 0 aliphatic carbocycles. The molecule has 0 saturated heterocycles. The van der Waals surface area contributed by atoms with Gasteiger partial charge in [-0.1, -0.05) is 0 Å². The number of amides is 1. The lowest BCUT2D eigenvalue weighted by Gasteiger charge is -2.07. The smallest absolute Gasteiger partial charge is 0.371 e. The summed E-state index contributed by atoms with van der Waals surface area (Å²) in [4.78, 5) is 21.9. The molecule has 1 heterocycles. The van der Waals surface area contributed by atoms with Crippen molar-refractivity contribution in [2.24, 2.45) is 5.73 Å². The van der Waals surface area contributed by atoms with E-state index in [4.69, 9.17) is 21.7 Å². The number of rotatable bonds is 5. The number of furan rings is 1. The molecular weight excluding hydrogens is 224 g/mol. The molecule has 1 unspecified atom stereocenters. The van der Waals surface area contributed by atoms with Crippen LogP contribution < -0.4 is 11.1 Å². The van der Waals surface area contributed by atoms with Crippen molar-refractivity contribution < 1.29 is 19.1 Å². The van der Waals surface area contributed by atoms with E-state index < -0.39 is 17.9 Å². The van der Waals surface area contributed by atoms with Gasteiger partial charge in [0.25, 0.3) is 0 Å². The average molecular weight is 236 g/mol. The second-order valence-corrected chi connectivity index (χ2v) is 3.30. The first-order chi connectivity index (χ1) is 8.04. The fraction of sp³-hybridized carbons (Fsp3) is 0.273. The largest absolute Gasteiger partial charge is 0.475 e. The molecule has 0 radical (unpaired) electrons. The van der Waals surface area contributed by atoms with Crippen molar-refractivity contribution in [3.63, 3.8) is 0 Å². The highest BCUT2D eigenvalue weighted by Gasteiger charge is 2.13. The van der Waals surface area contributed by atoms with Gasteiger partial charge >= 0.3 is 5.97 Å². The molecule has 1 atom stereocenters. The van der Waals surface area contributed by atoms with Crippen LogP contribution in [0.5, 0.6) is 0 Å². The number of carboxylic acids is 1. The number of nitrogens with two attached hydrogens (primary N) is 1. The Morgan fingerprint density at radius 3 is 2.82 bits per heavy atom. The minimum atomic E-state index is -1.16. The summed E-state index contributed by atoms with van der Waals surface area (Å²) in [6.07, 6.45) is 5.16. The van der Waals surface area contributed by atoms with Gasteiger partial charge in [-0.2, -0.15) is 0 Å². The van der Waals surface area contributed by atoms with E-state index >= 15 is 0 Å². The molecule has 6 heteroatoms. The number of carboxylic acid groups (broad SMARTS) is 1. The Kier molecular flexibility index (Phi) is 4.31. The first-order valence-corrected chi connectivity index (χ1v) is 4.83. The van der Waals surface area contributed by atoms with Crippen molar-refractivity contribution in [2.45, 2.75) is 19.0 Å². The first-order valence-electron chi connectivity index (χ1n) is 4.83. The molecule has 0 saturated carbocycles. The number of aromatic carboxylic acids is 1. The standard InChI is InChI=1S/C11H12N2O4/c1-2-3-8(12)10(14)13-6-7-4-5-9(17-7)11(15)16/h1,4-5,8H,3,6,12H2,(H,13,14)(H,15,16). The first kappa shape index (κ1) is 12.8. The Labute approximate surface area is 97.8 Å². The van der Waals surface area contributed by atoms with Crippen LogP contribution in [0.4, 0.5) is 0 Å². The number of carbonyl (C=O) groups is 2. The predicted molar refractivity (Wildman–Crippen MR) is 58.9 cm³/mol. The summed E-state index contributed by atoms with van der Waals surface area (Å²) >= 11 is 0. The van der Waals surface area contributed by atoms with Crippen LogP contribution >= 0.6 is 0 Å². The van der Waals surface area contributed by atoms with Crippen LogP contribution in [0.1, 0.15) is 22.7 Å². The Balaban J connectivity index is 2.48. The fourth-order valence-electron chi connectivity index (χ4n) is 1.11. The molecule has 17 heavy (non-hydrogen) atoms. The van der Waals surface area contributed by atoms with Gasteiger partial charge in [0.2, 0.25) is 11.7 Å². The zero-order valence-corrected chi connectivity index (χ0v) is 8.97. The summed E-state index contributed by atoms with van der Waals surface area (Å²) in [5.41, 5.74) is 5.47. The zero-order valence-electron chi connectivity index (χ0n) is 8.97. The maximum absolute atomic E-state index is 11.4. The summed E-state index contributed by atoms with van der Waals surface area (Å²) < 4.78 is 4.94. The van der Waals surface area contributed by atoms with Gasteiger partial charge in [0.05, 0.1) is 12.6 Å². The maximum atomic E-state index is 11.4. The lowest BCUT2D eigenvalue weighted by Crippen LogP contribution is -2.39. The molecule has 4 N–H and O–H groups in total. The van der Waals surface area contributed by atoms with Crippen LogP contribution in [0.15, 0.2) is 16.5 Å². The maximum Gasteiger partial charge on any atom is 0.371 e. The van der Waals surface area contributed by atoms with Crippen LogP contribution in [0, 0.1) is 12.3 Å². The minimum absolute atomic E-state index is 0.0738. The molecule has 6 nitrogen and oxygen atoms in total. The van der Waals surface area contributed by atoms with Crippen LogP contribution in [-0.4, -0.2) is 23.0 Å². The molecule has 0 bridgehead atoms. The Hall–Kier alpha value is -2.26. The number of hydrogen-bond donors (Lipinski definition) is 3. The molecule has 1 rings (SSSR count). The van der Waals surface area contributed by atoms with Crippen LogP contribution in [-0.2, 0) is 11.3 Å². The lowest BCUT2D eigenvalue weighted by atomic mass is 10.2. The third-order valence-electron chi connectivity index (χ3n) is 1.98. The van der Waals surface area contributed by atoms with Crippen molar-refractivity contribution >= 4 is 11.9 Å². The van der Waals surface area contributed by atoms with E-state index in [2.05, 4.69) is 11.2 Å². The fourth-order valence-corrected chi connectivity index (χ4v) is 1.11. The van der Waals surface area contributed by atoms with Gasteiger partial charge in [0.15, 0.2) is 0 Å². The van der Waals surface area contributed by atoms with Crippen molar-refractivity contribution in [3.05, 3.63) is 23.7 Å². The minimum Gasteiger partial charge on any atom is -0.475 e. The highest BCUT2D eigenvalue weighted by molar-refractivity contribution is 5.84. The van der Waals surface area contributed by atoms with Crippen molar-refractivity contribution in [1.82, 2.24) is 5.32 Å². The van der Waals surface area contributed by atoms with E-state index in [0.717, 1.165) is 0 Å². The van der Waals surface area contributed by atoms with Crippen LogP contribution in [0.25, 0.3) is 0 Å². The van der Waals surface area contributed by atoms with E-state index in [1.54, 1.807) is 0 Å². The van der Waals surface area contributed by atoms with Gasteiger partial charge in [-0.15, -0.1) is 12.3 Å². The van der Waals surface area contributed by atoms with E-state index in [9.17, 15) is 9.59 Å². The monoisotopic (exact) mass is 236 g/mol. The number of carbonyl (C=O) groups excluding carboxylic acids is 1. The Bertz CT molecular complexity index is 458. The molecule has 0 aliphatic heterocycles. The molecule has 90 valence electrons. The van der Waals surface area contributed by atoms with Gasteiger partial charge in [-0.25, -0.2) is 4.79 Å². The molecule has 1 amide bonds. The van der Waals surface area contributed by atoms with E-state index in [1.807, 2.05) is 0 Å². The summed E-state index contributed by atoms with van der Waals surface area (Å²) in [6.45, 7) is 0.0738. The van der Waals surface area contributed by atoms with Gasteiger partial charge in [0, 0.05) is 6.42 Å². The predicted octanol–water partition coefficient (Wildman–Crippen LogP) is -0.0554. The topological polar surface area (TPSA) is 106 Å². The number of nitrogens with one attached hydrogen (secondary N) is 1. The van der Waals surface area contributed by atoms with E-state index in [0.29, 0.717) is 5.76 Å². The highest BCUT2D eigenvalue weighted by atomic mass is 16.4. The lowest BCUT2D eigenvalue weighted by molar-refractivity contribution is -0.122. The highest BCUT2D eigenvalue weighted by Crippen LogP contribution is 2.07. The van der Waals surface area contributed by atoms with Gasteiger partial charge in [-0.3, -0.25) is 4.79 Å². The normalized spacial score (nSPS) is 11.5. The number of hydrogen-bond acceptors (Lipinski definition) is 4. The van der Waals surface area contributed by atoms with E-state index in [-0.39, 0.29) is 18.7 Å². The Morgan fingerprint density at radius 2 is 2.29 bits per heavy atom. The third kappa shape index (κ3) is 3.66. The molecule has 0 aliphatic rings. The SMILES string of the molecule is C#CCC(N)C(=O)NCc1ccc(C(=O)O)o1. The quantitative estimate of drug-likeness (QED) is 0.621. The van der Waals surface area contributed by atoms with Gasteiger partial charge in [0.1, 0.15) is 5.76 Å².